The molecule has 1 aromatic heterocycles. The first kappa shape index (κ1) is 15.3. The van der Waals surface area contributed by atoms with Crippen LogP contribution in [0.3, 0.4) is 0 Å². The number of hydrogen-bond acceptors (Lipinski definition) is 3. The van der Waals surface area contributed by atoms with Gasteiger partial charge in [0.1, 0.15) is 6.04 Å². The van der Waals surface area contributed by atoms with Crippen molar-refractivity contribution in [1.29, 1.82) is 0 Å². The maximum absolute atomic E-state index is 11.9. The number of thiophene rings is 1. The molecule has 0 spiro atoms. The van der Waals surface area contributed by atoms with Crippen molar-refractivity contribution in [2.45, 2.75) is 12.5 Å². The van der Waals surface area contributed by atoms with Gasteiger partial charge in [-0.05, 0) is 35.6 Å². The highest BCUT2D eigenvalue weighted by Gasteiger charge is 2.15. The van der Waals surface area contributed by atoms with Crippen LogP contribution in [-0.4, -0.2) is 12.5 Å². The van der Waals surface area contributed by atoms with Crippen molar-refractivity contribution < 1.29 is 4.79 Å². The van der Waals surface area contributed by atoms with E-state index in [0.717, 1.165) is 10.4 Å². The molecule has 1 amide bonds. The summed E-state index contributed by atoms with van der Waals surface area (Å²) in [6, 6.07) is 8.44. The fourth-order valence-electron chi connectivity index (χ4n) is 1.75. The van der Waals surface area contributed by atoms with E-state index in [4.69, 9.17) is 28.9 Å². The van der Waals surface area contributed by atoms with Crippen LogP contribution in [-0.2, 0) is 11.2 Å². The van der Waals surface area contributed by atoms with Crippen LogP contribution in [0.15, 0.2) is 35.7 Å². The quantitative estimate of drug-likeness (QED) is 0.883. The van der Waals surface area contributed by atoms with Crippen molar-refractivity contribution in [2.75, 3.05) is 6.54 Å². The highest BCUT2D eigenvalue weighted by Crippen LogP contribution is 2.21. The molecule has 0 aliphatic heterocycles. The van der Waals surface area contributed by atoms with Crippen molar-refractivity contribution in [2.24, 2.45) is 5.73 Å². The van der Waals surface area contributed by atoms with Crippen molar-refractivity contribution in [3.8, 4) is 0 Å². The van der Waals surface area contributed by atoms with E-state index in [9.17, 15) is 4.79 Å². The minimum atomic E-state index is -0.615. The Labute approximate surface area is 131 Å². The summed E-state index contributed by atoms with van der Waals surface area (Å²) in [5.74, 6) is -0.183. The van der Waals surface area contributed by atoms with Crippen LogP contribution >= 0.6 is 34.5 Å². The Hall–Kier alpha value is -1.07. The number of amides is 1. The summed E-state index contributed by atoms with van der Waals surface area (Å²) in [7, 11) is 0. The predicted octanol–water partition coefficient (Wildman–Crippen LogP) is 3.41. The molecule has 2 aromatic rings. The molecule has 20 heavy (non-hydrogen) atoms. The van der Waals surface area contributed by atoms with Gasteiger partial charge in [0.05, 0.1) is 0 Å². The summed E-state index contributed by atoms with van der Waals surface area (Å²) in [5.41, 5.74) is 6.81. The summed E-state index contributed by atoms with van der Waals surface area (Å²) in [5, 5.41) is 5.92. The van der Waals surface area contributed by atoms with Gasteiger partial charge < -0.3 is 11.1 Å². The van der Waals surface area contributed by atoms with E-state index in [0.29, 0.717) is 23.0 Å². The number of nitrogens with two attached hydrogens (primary N) is 1. The number of benzene rings is 1. The van der Waals surface area contributed by atoms with Crippen LogP contribution in [0.5, 0.6) is 0 Å². The first-order valence-corrected chi connectivity index (χ1v) is 7.72. The van der Waals surface area contributed by atoms with E-state index in [-0.39, 0.29) is 5.91 Å². The highest BCUT2D eigenvalue weighted by molar-refractivity contribution is 7.10. The van der Waals surface area contributed by atoms with E-state index >= 15 is 0 Å². The molecular weight excluding hydrogens is 315 g/mol. The highest BCUT2D eigenvalue weighted by atomic mass is 35.5. The number of halogens is 2. The van der Waals surface area contributed by atoms with Crippen LogP contribution in [0.4, 0.5) is 0 Å². The van der Waals surface area contributed by atoms with Crippen LogP contribution in [0.2, 0.25) is 10.0 Å². The Morgan fingerprint density at radius 3 is 2.80 bits per heavy atom. The number of carbonyl (C=O) groups is 1. The topological polar surface area (TPSA) is 55.1 Å². The molecule has 6 heteroatoms. The van der Waals surface area contributed by atoms with Crippen molar-refractivity contribution in [3.05, 3.63) is 56.2 Å². The Kier molecular flexibility index (Phi) is 5.43. The first-order valence-electron chi connectivity index (χ1n) is 6.08. The zero-order valence-electron chi connectivity index (χ0n) is 10.6. The van der Waals surface area contributed by atoms with Gasteiger partial charge >= 0.3 is 0 Å². The molecule has 0 fully saturated rings. The molecule has 1 atom stereocenters. The number of carbonyl (C=O) groups excluding carboxylic acids is 1. The lowest BCUT2D eigenvalue weighted by Gasteiger charge is -2.11. The molecule has 1 heterocycles. The van der Waals surface area contributed by atoms with Gasteiger partial charge in [-0.15, -0.1) is 11.3 Å². The molecule has 0 aliphatic rings. The number of hydrogen-bond donors (Lipinski definition) is 2. The Balaban J connectivity index is 1.85. The molecule has 0 bridgehead atoms. The van der Waals surface area contributed by atoms with E-state index in [2.05, 4.69) is 5.32 Å². The van der Waals surface area contributed by atoms with Crippen LogP contribution in [0.25, 0.3) is 0 Å². The summed E-state index contributed by atoms with van der Waals surface area (Å²) in [6.07, 6.45) is 0.638. The van der Waals surface area contributed by atoms with E-state index in [1.165, 1.54) is 11.3 Å². The third kappa shape index (κ3) is 3.96. The molecule has 3 nitrogen and oxygen atoms in total. The maximum Gasteiger partial charge on any atom is 0.242 e. The lowest BCUT2D eigenvalue weighted by atomic mass is 10.1. The molecule has 2 rings (SSSR count). The minimum absolute atomic E-state index is 0.183. The van der Waals surface area contributed by atoms with Gasteiger partial charge in [0.25, 0.3) is 0 Å². The largest absolute Gasteiger partial charge is 0.354 e. The van der Waals surface area contributed by atoms with Crippen molar-refractivity contribution in [1.82, 2.24) is 5.32 Å². The van der Waals surface area contributed by atoms with E-state index in [1.807, 2.05) is 23.6 Å². The summed E-state index contributed by atoms with van der Waals surface area (Å²) in [4.78, 5) is 12.7. The van der Waals surface area contributed by atoms with Crippen molar-refractivity contribution >= 4 is 40.4 Å². The Bertz CT molecular complexity index is 587. The molecule has 0 aliphatic carbocycles. The molecule has 0 saturated carbocycles. The standard InChI is InChI=1S/C14H14Cl2N2OS/c15-10-4-3-9(11(16)8-10)5-6-18-14(19)13(17)12-2-1-7-20-12/h1-4,7-8,13H,5-6,17H2,(H,18,19). The Morgan fingerprint density at radius 2 is 2.15 bits per heavy atom. The SMILES string of the molecule is NC(C(=O)NCCc1ccc(Cl)cc1Cl)c1cccs1. The zero-order valence-corrected chi connectivity index (χ0v) is 12.9. The molecule has 1 unspecified atom stereocenters. The van der Waals surface area contributed by atoms with Crippen LogP contribution in [0, 0.1) is 0 Å². The van der Waals surface area contributed by atoms with E-state index < -0.39 is 6.04 Å². The van der Waals surface area contributed by atoms with Gasteiger partial charge in [-0.25, -0.2) is 0 Å². The molecule has 0 radical (unpaired) electrons. The number of rotatable bonds is 5. The molecular formula is C14H14Cl2N2OS. The van der Waals surface area contributed by atoms with Gasteiger partial charge in [0.15, 0.2) is 0 Å². The smallest absolute Gasteiger partial charge is 0.242 e. The fraction of sp³-hybridized carbons (Fsp3) is 0.214. The normalized spacial score (nSPS) is 12.2. The first-order chi connectivity index (χ1) is 9.58. The minimum Gasteiger partial charge on any atom is -0.354 e. The average Bonchev–Trinajstić information content (AvgIpc) is 2.94. The summed E-state index contributed by atoms with van der Waals surface area (Å²) >= 11 is 13.4. The third-order valence-corrected chi connectivity index (χ3v) is 4.38. The van der Waals surface area contributed by atoms with Crippen LogP contribution in [0.1, 0.15) is 16.5 Å². The zero-order chi connectivity index (χ0) is 14.5. The average molecular weight is 329 g/mol. The van der Waals surface area contributed by atoms with Gasteiger partial charge in [0.2, 0.25) is 5.91 Å². The van der Waals surface area contributed by atoms with Gasteiger partial charge in [-0.2, -0.15) is 0 Å². The predicted molar refractivity (Wildman–Crippen MR) is 84.4 cm³/mol. The lowest BCUT2D eigenvalue weighted by molar-refractivity contribution is -0.122. The fourth-order valence-corrected chi connectivity index (χ4v) is 2.98. The second kappa shape index (κ2) is 7.09. The second-order valence-electron chi connectivity index (χ2n) is 4.27. The summed E-state index contributed by atoms with van der Waals surface area (Å²) in [6.45, 7) is 0.485. The molecule has 106 valence electrons. The molecule has 3 N–H and O–H groups in total. The van der Waals surface area contributed by atoms with Gasteiger partial charge in [0, 0.05) is 21.5 Å². The van der Waals surface area contributed by atoms with E-state index in [1.54, 1.807) is 12.1 Å². The second-order valence-corrected chi connectivity index (χ2v) is 6.09. The lowest BCUT2D eigenvalue weighted by Crippen LogP contribution is -2.34. The monoisotopic (exact) mass is 328 g/mol. The van der Waals surface area contributed by atoms with Crippen molar-refractivity contribution in [3.63, 3.8) is 0 Å². The third-order valence-electron chi connectivity index (χ3n) is 2.84. The maximum atomic E-state index is 11.9. The summed E-state index contributed by atoms with van der Waals surface area (Å²) < 4.78 is 0. The molecule has 0 saturated heterocycles. The van der Waals surface area contributed by atoms with Crippen LogP contribution < -0.4 is 11.1 Å². The van der Waals surface area contributed by atoms with Gasteiger partial charge in [-0.1, -0.05) is 35.3 Å². The molecule has 1 aromatic carbocycles. The van der Waals surface area contributed by atoms with Gasteiger partial charge in [-0.3, -0.25) is 4.79 Å². The number of nitrogens with one attached hydrogen (secondary N) is 1. The Morgan fingerprint density at radius 1 is 1.35 bits per heavy atom.